The van der Waals surface area contributed by atoms with Gasteiger partial charge in [0.2, 0.25) is 0 Å². The molecule has 0 aliphatic carbocycles. The Morgan fingerprint density at radius 2 is 1.70 bits per heavy atom. The Balaban J connectivity index is 1.98. The minimum atomic E-state index is -0.0773. The van der Waals surface area contributed by atoms with Gasteiger partial charge in [0.25, 0.3) is 5.56 Å². The van der Waals surface area contributed by atoms with Crippen molar-refractivity contribution in [2.24, 2.45) is 0 Å². The van der Waals surface area contributed by atoms with Crippen molar-refractivity contribution in [1.29, 1.82) is 0 Å². The first-order chi connectivity index (χ1) is 14.5. The molecular weight excluding hydrogens is 374 g/mol. The molecular formula is C24H23N5O. The van der Waals surface area contributed by atoms with Gasteiger partial charge in [0.05, 0.1) is 11.0 Å². The predicted molar refractivity (Wildman–Crippen MR) is 120 cm³/mol. The Bertz CT molecular complexity index is 1500. The molecule has 2 aromatic carbocycles. The van der Waals surface area contributed by atoms with Crippen LogP contribution in [0.2, 0.25) is 0 Å². The first kappa shape index (κ1) is 18.5. The van der Waals surface area contributed by atoms with E-state index in [-0.39, 0.29) is 11.6 Å². The molecule has 0 bridgehead atoms. The van der Waals surface area contributed by atoms with Gasteiger partial charge in [-0.25, -0.2) is 15.0 Å². The fourth-order valence-corrected chi connectivity index (χ4v) is 3.87. The molecule has 30 heavy (non-hydrogen) atoms. The third-order valence-corrected chi connectivity index (χ3v) is 6.00. The summed E-state index contributed by atoms with van der Waals surface area (Å²) in [7, 11) is 0. The molecule has 0 saturated heterocycles. The largest absolute Gasteiger partial charge is 0.296 e. The molecule has 0 amide bonds. The Hall–Kier alpha value is -3.54. The number of nitrogens with zero attached hydrogens (tertiary/aromatic N) is 5. The number of aryl methyl sites for hydroxylation is 2. The summed E-state index contributed by atoms with van der Waals surface area (Å²) in [5, 5.41) is 0.518. The fraction of sp³-hybridized carbons (Fsp3) is 0.250. The van der Waals surface area contributed by atoms with E-state index in [9.17, 15) is 4.79 Å². The van der Waals surface area contributed by atoms with Gasteiger partial charge in [-0.1, -0.05) is 25.1 Å². The van der Waals surface area contributed by atoms with Crippen molar-refractivity contribution < 1.29 is 0 Å². The first-order valence-corrected chi connectivity index (χ1v) is 10.2. The number of para-hydroxylation sites is 2. The maximum absolute atomic E-state index is 13.5. The van der Waals surface area contributed by atoms with Crippen LogP contribution in [0.4, 0.5) is 0 Å². The van der Waals surface area contributed by atoms with Gasteiger partial charge in [-0.15, -0.1) is 0 Å². The second kappa shape index (κ2) is 6.76. The molecule has 150 valence electrons. The Kier molecular flexibility index (Phi) is 4.17. The topological polar surface area (TPSA) is 65.6 Å². The SMILES string of the molecule is CCC(C)n1cnc2c(c1=O)c1nc3ccccc3nc1n2-c1ccc(C)c(C)c1. The highest BCUT2D eigenvalue weighted by Crippen LogP contribution is 2.29. The van der Waals surface area contributed by atoms with Gasteiger partial charge in [-0.05, 0) is 62.6 Å². The van der Waals surface area contributed by atoms with Crippen molar-refractivity contribution in [1.82, 2.24) is 24.1 Å². The first-order valence-electron chi connectivity index (χ1n) is 10.2. The monoisotopic (exact) mass is 397 g/mol. The van der Waals surface area contributed by atoms with Crippen LogP contribution in [0.15, 0.2) is 53.6 Å². The lowest BCUT2D eigenvalue weighted by Gasteiger charge is -2.12. The lowest BCUT2D eigenvalue weighted by molar-refractivity contribution is 0.510. The zero-order valence-electron chi connectivity index (χ0n) is 17.5. The van der Waals surface area contributed by atoms with Crippen LogP contribution in [0, 0.1) is 13.8 Å². The van der Waals surface area contributed by atoms with E-state index >= 15 is 0 Å². The molecule has 6 nitrogen and oxygen atoms in total. The quantitative estimate of drug-likeness (QED) is 0.436. The third-order valence-electron chi connectivity index (χ3n) is 6.00. The average Bonchev–Trinajstić information content (AvgIpc) is 3.07. The number of benzene rings is 2. The molecule has 0 aliphatic heterocycles. The Labute approximate surface area is 173 Å². The zero-order valence-corrected chi connectivity index (χ0v) is 17.5. The minimum Gasteiger partial charge on any atom is -0.296 e. The average molecular weight is 397 g/mol. The summed E-state index contributed by atoms with van der Waals surface area (Å²) in [6.07, 6.45) is 2.49. The lowest BCUT2D eigenvalue weighted by atomic mass is 10.1. The van der Waals surface area contributed by atoms with Crippen LogP contribution in [-0.4, -0.2) is 24.1 Å². The summed E-state index contributed by atoms with van der Waals surface area (Å²) in [4.78, 5) is 27.9. The van der Waals surface area contributed by atoms with E-state index in [1.54, 1.807) is 10.9 Å². The third kappa shape index (κ3) is 2.64. The number of aromatic nitrogens is 5. The van der Waals surface area contributed by atoms with E-state index in [2.05, 4.69) is 32.9 Å². The van der Waals surface area contributed by atoms with Crippen molar-refractivity contribution in [2.45, 2.75) is 40.2 Å². The van der Waals surface area contributed by atoms with E-state index in [0.29, 0.717) is 22.2 Å². The molecule has 0 fully saturated rings. The van der Waals surface area contributed by atoms with Crippen LogP contribution >= 0.6 is 0 Å². The predicted octanol–water partition coefficient (Wildman–Crippen LogP) is 4.87. The molecule has 5 rings (SSSR count). The highest BCUT2D eigenvalue weighted by Gasteiger charge is 2.21. The van der Waals surface area contributed by atoms with Crippen molar-refractivity contribution >= 4 is 33.2 Å². The van der Waals surface area contributed by atoms with E-state index in [1.165, 1.54) is 11.1 Å². The number of fused-ring (bicyclic) bond motifs is 4. The molecule has 3 aromatic heterocycles. The Morgan fingerprint density at radius 3 is 2.40 bits per heavy atom. The Morgan fingerprint density at radius 1 is 0.967 bits per heavy atom. The van der Waals surface area contributed by atoms with Crippen molar-refractivity contribution in [3.8, 4) is 5.69 Å². The van der Waals surface area contributed by atoms with Gasteiger partial charge in [-0.2, -0.15) is 0 Å². The molecule has 6 heteroatoms. The van der Waals surface area contributed by atoms with Gasteiger partial charge in [0, 0.05) is 11.7 Å². The molecule has 0 radical (unpaired) electrons. The smallest absolute Gasteiger partial charge is 0.265 e. The van der Waals surface area contributed by atoms with Gasteiger partial charge in [0.15, 0.2) is 11.3 Å². The summed E-state index contributed by atoms with van der Waals surface area (Å²) in [6, 6.07) is 14.0. The van der Waals surface area contributed by atoms with E-state index in [0.717, 1.165) is 23.1 Å². The number of hydrogen-bond acceptors (Lipinski definition) is 4. The zero-order chi connectivity index (χ0) is 21.0. The van der Waals surface area contributed by atoms with Crippen LogP contribution in [0.25, 0.3) is 38.9 Å². The molecule has 0 N–H and O–H groups in total. The summed E-state index contributed by atoms with van der Waals surface area (Å²) < 4.78 is 3.66. The molecule has 0 saturated carbocycles. The lowest BCUT2D eigenvalue weighted by Crippen LogP contribution is -2.23. The summed E-state index contributed by atoms with van der Waals surface area (Å²) >= 11 is 0. The molecule has 3 heterocycles. The van der Waals surface area contributed by atoms with Crippen LogP contribution in [0.1, 0.15) is 37.4 Å². The van der Waals surface area contributed by atoms with E-state index < -0.39 is 0 Å². The molecule has 0 aliphatic rings. The standard InChI is InChI=1S/C24H23N5O/c1-5-16(4)28-13-25-22-20(24(28)30)21-23(27-19-9-7-6-8-18(19)26-21)29(22)17-11-10-14(2)15(3)12-17/h6-13,16H,5H2,1-4H3. The highest BCUT2D eigenvalue weighted by atomic mass is 16.1. The maximum Gasteiger partial charge on any atom is 0.265 e. The van der Waals surface area contributed by atoms with Crippen LogP contribution in [0.3, 0.4) is 0 Å². The second-order valence-corrected chi connectivity index (χ2v) is 7.90. The second-order valence-electron chi connectivity index (χ2n) is 7.90. The molecule has 5 aromatic rings. The normalized spacial score (nSPS) is 12.8. The molecule has 1 atom stereocenters. The van der Waals surface area contributed by atoms with Crippen molar-refractivity contribution in [2.75, 3.05) is 0 Å². The number of rotatable bonds is 3. The van der Waals surface area contributed by atoms with Crippen LogP contribution in [0.5, 0.6) is 0 Å². The number of hydrogen-bond donors (Lipinski definition) is 0. The summed E-state index contributed by atoms with van der Waals surface area (Å²) in [5.41, 5.74) is 6.63. The maximum atomic E-state index is 13.5. The van der Waals surface area contributed by atoms with Gasteiger partial charge in [0.1, 0.15) is 17.2 Å². The summed E-state index contributed by atoms with van der Waals surface area (Å²) in [5.74, 6) is 0. The summed E-state index contributed by atoms with van der Waals surface area (Å²) in [6.45, 7) is 8.25. The van der Waals surface area contributed by atoms with Crippen molar-refractivity contribution in [3.05, 3.63) is 70.3 Å². The van der Waals surface area contributed by atoms with Crippen LogP contribution < -0.4 is 5.56 Å². The highest BCUT2D eigenvalue weighted by molar-refractivity contribution is 6.05. The van der Waals surface area contributed by atoms with E-state index in [4.69, 9.17) is 15.0 Å². The van der Waals surface area contributed by atoms with Gasteiger partial charge >= 0.3 is 0 Å². The fourth-order valence-electron chi connectivity index (χ4n) is 3.87. The molecule has 1 unspecified atom stereocenters. The van der Waals surface area contributed by atoms with Crippen LogP contribution in [-0.2, 0) is 0 Å². The van der Waals surface area contributed by atoms with Crippen molar-refractivity contribution in [3.63, 3.8) is 0 Å². The molecule has 0 spiro atoms. The van der Waals surface area contributed by atoms with Gasteiger partial charge < -0.3 is 0 Å². The van der Waals surface area contributed by atoms with Gasteiger partial charge in [-0.3, -0.25) is 13.9 Å². The minimum absolute atomic E-state index is 0.0582. The van der Waals surface area contributed by atoms with E-state index in [1.807, 2.05) is 41.8 Å².